The van der Waals surface area contributed by atoms with Gasteiger partial charge in [-0.2, -0.15) is 0 Å². The number of hydrogen-bond donors (Lipinski definition) is 1. The van der Waals surface area contributed by atoms with Gasteiger partial charge in [0.2, 0.25) is 0 Å². The number of nitrogens with zero attached hydrogens (tertiary/aromatic N) is 3. The van der Waals surface area contributed by atoms with Crippen LogP contribution >= 0.6 is 11.6 Å². The molecule has 0 spiro atoms. The highest BCUT2D eigenvalue weighted by atomic mass is 35.5. The number of halogens is 1. The van der Waals surface area contributed by atoms with Crippen LogP contribution in [0.1, 0.15) is 21.5 Å². The maximum atomic E-state index is 12.4. The summed E-state index contributed by atoms with van der Waals surface area (Å²) in [5, 5.41) is 3.37. The van der Waals surface area contributed by atoms with Crippen LogP contribution in [0.5, 0.6) is 0 Å². The summed E-state index contributed by atoms with van der Waals surface area (Å²) >= 11 is 5.80. The standard InChI is InChI=1S/C24H25ClN4O/c25-23-11-10-20(17-26-23)24(30)27-16-19-6-4-5-7-21(19)18-28-12-14-29(15-13-28)22-8-2-1-3-9-22/h1-11,17H,12-16,18H2,(H,27,30). The molecular formula is C24H25ClN4O. The van der Waals surface area contributed by atoms with Crippen LogP contribution in [0, 0.1) is 0 Å². The summed E-state index contributed by atoms with van der Waals surface area (Å²) in [4.78, 5) is 21.3. The molecule has 2 heterocycles. The second kappa shape index (κ2) is 9.74. The third-order valence-corrected chi connectivity index (χ3v) is 5.66. The molecular weight excluding hydrogens is 396 g/mol. The van der Waals surface area contributed by atoms with Gasteiger partial charge in [-0.15, -0.1) is 0 Å². The number of carbonyl (C=O) groups excluding carboxylic acids is 1. The topological polar surface area (TPSA) is 48.5 Å². The van der Waals surface area contributed by atoms with Crippen molar-refractivity contribution in [1.82, 2.24) is 15.2 Å². The van der Waals surface area contributed by atoms with Crippen molar-refractivity contribution in [3.8, 4) is 0 Å². The Balaban J connectivity index is 1.33. The number of pyridine rings is 1. The van der Waals surface area contributed by atoms with Crippen molar-refractivity contribution in [2.75, 3.05) is 31.1 Å². The van der Waals surface area contributed by atoms with Crippen LogP contribution in [0.3, 0.4) is 0 Å². The largest absolute Gasteiger partial charge is 0.369 e. The molecule has 4 rings (SSSR count). The lowest BCUT2D eigenvalue weighted by Crippen LogP contribution is -2.46. The predicted molar refractivity (Wildman–Crippen MR) is 121 cm³/mol. The Hall–Kier alpha value is -2.89. The van der Waals surface area contributed by atoms with E-state index in [4.69, 9.17) is 11.6 Å². The minimum Gasteiger partial charge on any atom is -0.369 e. The van der Waals surface area contributed by atoms with E-state index >= 15 is 0 Å². The van der Waals surface area contributed by atoms with E-state index in [1.54, 1.807) is 12.1 Å². The van der Waals surface area contributed by atoms with E-state index in [0.29, 0.717) is 17.3 Å². The van der Waals surface area contributed by atoms with Gasteiger partial charge in [0.05, 0.1) is 5.56 Å². The number of amides is 1. The van der Waals surface area contributed by atoms with E-state index in [1.165, 1.54) is 17.4 Å². The van der Waals surface area contributed by atoms with E-state index in [2.05, 4.69) is 68.6 Å². The number of para-hydroxylation sites is 1. The minimum absolute atomic E-state index is 0.148. The van der Waals surface area contributed by atoms with Crippen molar-refractivity contribution < 1.29 is 4.79 Å². The molecule has 0 saturated carbocycles. The number of hydrogen-bond acceptors (Lipinski definition) is 4. The van der Waals surface area contributed by atoms with Crippen molar-refractivity contribution in [2.45, 2.75) is 13.1 Å². The number of anilines is 1. The fourth-order valence-corrected chi connectivity index (χ4v) is 3.83. The number of benzene rings is 2. The van der Waals surface area contributed by atoms with Crippen molar-refractivity contribution >= 4 is 23.2 Å². The van der Waals surface area contributed by atoms with Gasteiger partial charge in [0, 0.05) is 51.2 Å². The van der Waals surface area contributed by atoms with E-state index in [-0.39, 0.29) is 5.91 Å². The van der Waals surface area contributed by atoms with Gasteiger partial charge in [-0.3, -0.25) is 9.69 Å². The molecule has 154 valence electrons. The highest BCUT2D eigenvalue weighted by Gasteiger charge is 2.18. The molecule has 30 heavy (non-hydrogen) atoms. The van der Waals surface area contributed by atoms with Crippen LogP contribution in [0.15, 0.2) is 72.9 Å². The number of aromatic nitrogens is 1. The monoisotopic (exact) mass is 420 g/mol. The molecule has 3 aromatic rings. The Morgan fingerprint density at radius 3 is 2.30 bits per heavy atom. The highest BCUT2D eigenvalue weighted by Crippen LogP contribution is 2.18. The molecule has 6 heteroatoms. The maximum absolute atomic E-state index is 12.4. The Bertz CT molecular complexity index is 970. The summed E-state index contributed by atoms with van der Waals surface area (Å²) in [6.07, 6.45) is 1.50. The summed E-state index contributed by atoms with van der Waals surface area (Å²) in [7, 11) is 0. The van der Waals surface area contributed by atoms with Crippen LogP contribution < -0.4 is 10.2 Å². The lowest BCUT2D eigenvalue weighted by atomic mass is 10.1. The quantitative estimate of drug-likeness (QED) is 0.612. The molecule has 1 fully saturated rings. The molecule has 0 unspecified atom stereocenters. The molecule has 1 amide bonds. The van der Waals surface area contributed by atoms with Crippen LogP contribution in [0.25, 0.3) is 0 Å². The summed E-state index contributed by atoms with van der Waals surface area (Å²) < 4.78 is 0. The number of piperazine rings is 1. The van der Waals surface area contributed by atoms with Crippen LogP contribution in [0.2, 0.25) is 5.15 Å². The van der Waals surface area contributed by atoms with Crippen LogP contribution in [-0.2, 0) is 13.1 Å². The minimum atomic E-state index is -0.148. The number of nitrogens with one attached hydrogen (secondary N) is 1. The zero-order valence-electron chi connectivity index (χ0n) is 16.8. The fraction of sp³-hybridized carbons (Fsp3) is 0.250. The van der Waals surface area contributed by atoms with Crippen molar-refractivity contribution in [3.05, 3.63) is 94.8 Å². The Labute approximate surface area is 182 Å². The molecule has 1 aliphatic rings. The third kappa shape index (κ3) is 5.17. The first-order valence-electron chi connectivity index (χ1n) is 10.2. The van der Waals surface area contributed by atoms with E-state index in [1.807, 2.05) is 6.07 Å². The molecule has 1 N–H and O–H groups in total. The summed E-state index contributed by atoms with van der Waals surface area (Å²) in [5.74, 6) is -0.148. The SMILES string of the molecule is O=C(NCc1ccccc1CN1CCN(c2ccccc2)CC1)c1ccc(Cl)nc1. The normalized spacial score (nSPS) is 14.5. The Kier molecular flexibility index (Phi) is 6.62. The van der Waals surface area contributed by atoms with Crippen LogP contribution in [0.4, 0.5) is 5.69 Å². The molecule has 0 aliphatic carbocycles. The molecule has 1 saturated heterocycles. The maximum Gasteiger partial charge on any atom is 0.253 e. The lowest BCUT2D eigenvalue weighted by molar-refractivity contribution is 0.0950. The predicted octanol–water partition coefficient (Wildman–Crippen LogP) is 3.99. The molecule has 1 aliphatic heterocycles. The van der Waals surface area contributed by atoms with Crippen LogP contribution in [-0.4, -0.2) is 42.0 Å². The van der Waals surface area contributed by atoms with Gasteiger partial charge in [0.1, 0.15) is 5.15 Å². The second-order valence-corrected chi connectivity index (χ2v) is 7.81. The average Bonchev–Trinajstić information content (AvgIpc) is 2.80. The smallest absolute Gasteiger partial charge is 0.253 e. The first-order valence-corrected chi connectivity index (χ1v) is 10.6. The lowest BCUT2D eigenvalue weighted by Gasteiger charge is -2.36. The first-order chi connectivity index (χ1) is 14.7. The molecule has 1 aromatic heterocycles. The first kappa shape index (κ1) is 20.4. The highest BCUT2D eigenvalue weighted by molar-refractivity contribution is 6.29. The van der Waals surface area contributed by atoms with Crippen molar-refractivity contribution in [2.24, 2.45) is 0 Å². The second-order valence-electron chi connectivity index (χ2n) is 7.42. The zero-order valence-corrected chi connectivity index (χ0v) is 17.6. The summed E-state index contributed by atoms with van der Waals surface area (Å²) in [5.41, 5.74) is 4.18. The Morgan fingerprint density at radius 1 is 0.900 bits per heavy atom. The molecule has 0 bridgehead atoms. The van der Waals surface area contributed by atoms with Crippen molar-refractivity contribution in [3.63, 3.8) is 0 Å². The molecule has 0 radical (unpaired) electrons. The van der Waals surface area contributed by atoms with Gasteiger partial charge in [-0.25, -0.2) is 4.98 Å². The summed E-state index contributed by atoms with van der Waals surface area (Å²) in [6.45, 7) is 5.45. The van der Waals surface area contributed by atoms with Gasteiger partial charge in [-0.05, 0) is 35.4 Å². The van der Waals surface area contributed by atoms with Gasteiger partial charge in [-0.1, -0.05) is 54.1 Å². The van der Waals surface area contributed by atoms with Crippen molar-refractivity contribution in [1.29, 1.82) is 0 Å². The molecule has 2 aromatic carbocycles. The average molecular weight is 421 g/mol. The fourth-order valence-electron chi connectivity index (χ4n) is 3.72. The third-order valence-electron chi connectivity index (χ3n) is 5.43. The van der Waals surface area contributed by atoms with Gasteiger partial charge < -0.3 is 10.2 Å². The Morgan fingerprint density at radius 2 is 1.60 bits per heavy atom. The van der Waals surface area contributed by atoms with Gasteiger partial charge in [0.25, 0.3) is 5.91 Å². The van der Waals surface area contributed by atoms with Gasteiger partial charge in [0.15, 0.2) is 0 Å². The molecule has 0 atom stereocenters. The van der Waals surface area contributed by atoms with E-state index in [0.717, 1.165) is 38.3 Å². The number of rotatable bonds is 6. The summed E-state index contributed by atoms with van der Waals surface area (Å²) in [6, 6.07) is 22.2. The van der Waals surface area contributed by atoms with Gasteiger partial charge >= 0.3 is 0 Å². The molecule has 5 nitrogen and oxygen atoms in total. The number of carbonyl (C=O) groups is 1. The van der Waals surface area contributed by atoms with E-state index < -0.39 is 0 Å². The van der Waals surface area contributed by atoms with E-state index in [9.17, 15) is 4.79 Å². The zero-order chi connectivity index (χ0) is 20.8.